The van der Waals surface area contributed by atoms with Crippen molar-refractivity contribution in [2.45, 2.75) is 26.0 Å². The van der Waals surface area contributed by atoms with E-state index < -0.39 is 6.10 Å². The zero-order valence-corrected chi connectivity index (χ0v) is 9.79. The Labute approximate surface area is 87.2 Å². The summed E-state index contributed by atoms with van der Waals surface area (Å²) in [7, 11) is 4.07. The summed E-state index contributed by atoms with van der Waals surface area (Å²) < 4.78 is 5.11. The Morgan fingerprint density at radius 2 is 2.07 bits per heavy atom. The second-order valence-corrected chi connectivity index (χ2v) is 3.88. The Hall–Kier alpha value is -0.160. The number of ether oxygens (including phenoxy) is 1. The second-order valence-electron chi connectivity index (χ2n) is 3.88. The molecule has 0 aromatic rings. The van der Waals surface area contributed by atoms with Crippen LogP contribution in [0.15, 0.2) is 0 Å². The first kappa shape index (κ1) is 13.8. The lowest BCUT2D eigenvalue weighted by Gasteiger charge is -2.20. The minimum atomic E-state index is -0.403. The first-order chi connectivity index (χ1) is 6.56. The van der Waals surface area contributed by atoms with Crippen molar-refractivity contribution in [3.05, 3.63) is 0 Å². The van der Waals surface area contributed by atoms with Gasteiger partial charge >= 0.3 is 0 Å². The van der Waals surface area contributed by atoms with Crippen molar-refractivity contribution < 1.29 is 9.84 Å². The van der Waals surface area contributed by atoms with Crippen LogP contribution in [0.3, 0.4) is 0 Å². The highest BCUT2D eigenvalue weighted by Crippen LogP contribution is 1.88. The molecule has 0 aromatic carbocycles. The molecule has 4 nitrogen and oxygen atoms in total. The molecule has 0 amide bonds. The number of aliphatic hydroxyl groups is 1. The van der Waals surface area contributed by atoms with Gasteiger partial charge in [-0.2, -0.15) is 0 Å². The van der Waals surface area contributed by atoms with Crippen molar-refractivity contribution in [1.29, 1.82) is 0 Å². The van der Waals surface area contributed by atoms with Gasteiger partial charge in [-0.1, -0.05) is 0 Å². The van der Waals surface area contributed by atoms with Gasteiger partial charge in [0, 0.05) is 25.7 Å². The van der Waals surface area contributed by atoms with E-state index in [4.69, 9.17) is 4.74 Å². The standard InChI is InChI=1S/C10H24N2O2/c1-5-14-8-10(13)6-11-9(2)7-12(3)4/h9-11,13H,5-8H2,1-4H3. The van der Waals surface area contributed by atoms with Gasteiger partial charge in [0.25, 0.3) is 0 Å². The maximum atomic E-state index is 9.46. The zero-order chi connectivity index (χ0) is 11.0. The van der Waals surface area contributed by atoms with Crippen molar-refractivity contribution in [2.24, 2.45) is 0 Å². The van der Waals surface area contributed by atoms with Gasteiger partial charge in [0.05, 0.1) is 12.7 Å². The Morgan fingerprint density at radius 3 is 2.57 bits per heavy atom. The highest BCUT2D eigenvalue weighted by atomic mass is 16.5. The molecule has 0 heterocycles. The van der Waals surface area contributed by atoms with Crippen LogP contribution in [0.4, 0.5) is 0 Å². The summed E-state index contributed by atoms with van der Waals surface area (Å²) in [6.07, 6.45) is -0.403. The molecule has 0 saturated heterocycles. The Morgan fingerprint density at radius 1 is 1.43 bits per heavy atom. The fourth-order valence-corrected chi connectivity index (χ4v) is 1.26. The number of likely N-dealkylation sites (N-methyl/N-ethyl adjacent to an activating group) is 1. The van der Waals surface area contributed by atoms with Crippen LogP contribution < -0.4 is 5.32 Å². The van der Waals surface area contributed by atoms with Crippen LogP contribution in [-0.4, -0.2) is 62.6 Å². The molecule has 0 rings (SSSR count). The molecule has 0 radical (unpaired) electrons. The maximum Gasteiger partial charge on any atom is 0.0897 e. The van der Waals surface area contributed by atoms with E-state index in [0.29, 0.717) is 25.8 Å². The minimum absolute atomic E-state index is 0.390. The van der Waals surface area contributed by atoms with E-state index in [1.165, 1.54) is 0 Å². The van der Waals surface area contributed by atoms with Crippen molar-refractivity contribution in [3.63, 3.8) is 0 Å². The van der Waals surface area contributed by atoms with E-state index in [2.05, 4.69) is 17.1 Å². The highest BCUT2D eigenvalue weighted by Gasteiger charge is 2.07. The van der Waals surface area contributed by atoms with Crippen LogP contribution in [-0.2, 0) is 4.74 Å². The molecule has 0 aromatic heterocycles. The summed E-state index contributed by atoms with van der Waals surface area (Å²) in [6.45, 7) is 6.67. The molecular weight excluding hydrogens is 180 g/mol. The van der Waals surface area contributed by atoms with E-state index >= 15 is 0 Å². The van der Waals surface area contributed by atoms with Gasteiger partial charge in [-0.3, -0.25) is 0 Å². The monoisotopic (exact) mass is 204 g/mol. The van der Waals surface area contributed by atoms with E-state index in [1.54, 1.807) is 0 Å². The van der Waals surface area contributed by atoms with Gasteiger partial charge in [0.2, 0.25) is 0 Å². The highest BCUT2D eigenvalue weighted by molar-refractivity contribution is 4.66. The van der Waals surface area contributed by atoms with E-state index in [0.717, 1.165) is 6.54 Å². The van der Waals surface area contributed by atoms with E-state index in [-0.39, 0.29) is 0 Å². The Bertz CT molecular complexity index is 131. The SMILES string of the molecule is CCOCC(O)CNC(C)CN(C)C. The lowest BCUT2D eigenvalue weighted by molar-refractivity contribution is 0.0412. The molecular formula is C10H24N2O2. The van der Waals surface area contributed by atoms with Crippen LogP contribution >= 0.6 is 0 Å². The molecule has 0 aliphatic carbocycles. The molecule has 2 atom stereocenters. The molecule has 0 fully saturated rings. The molecule has 0 bridgehead atoms. The van der Waals surface area contributed by atoms with Gasteiger partial charge in [0.15, 0.2) is 0 Å². The fraction of sp³-hybridized carbons (Fsp3) is 1.00. The van der Waals surface area contributed by atoms with Crippen molar-refractivity contribution in [1.82, 2.24) is 10.2 Å². The summed E-state index contributed by atoms with van der Waals surface area (Å²) >= 11 is 0. The van der Waals surface area contributed by atoms with Crippen LogP contribution in [0.5, 0.6) is 0 Å². The molecule has 4 heteroatoms. The average Bonchev–Trinajstić information content (AvgIpc) is 2.10. The quantitative estimate of drug-likeness (QED) is 0.581. The third-order valence-electron chi connectivity index (χ3n) is 1.86. The largest absolute Gasteiger partial charge is 0.389 e. The molecule has 86 valence electrons. The molecule has 0 saturated carbocycles. The van der Waals surface area contributed by atoms with Crippen LogP contribution in [0.1, 0.15) is 13.8 Å². The summed E-state index contributed by atoms with van der Waals surface area (Å²) in [5, 5.41) is 12.7. The number of aliphatic hydroxyl groups excluding tert-OH is 1. The number of rotatable bonds is 8. The summed E-state index contributed by atoms with van der Waals surface area (Å²) in [6, 6.07) is 0.390. The second kappa shape index (κ2) is 8.17. The molecule has 0 aliphatic heterocycles. The number of hydrogen-bond acceptors (Lipinski definition) is 4. The molecule has 2 unspecified atom stereocenters. The van der Waals surface area contributed by atoms with Gasteiger partial charge in [-0.05, 0) is 27.9 Å². The number of nitrogens with zero attached hydrogens (tertiary/aromatic N) is 1. The molecule has 2 N–H and O–H groups in total. The first-order valence-corrected chi connectivity index (χ1v) is 5.20. The van der Waals surface area contributed by atoms with Crippen molar-refractivity contribution in [2.75, 3.05) is 40.4 Å². The van der Waals surface area contributed by atoms with Crippen LogP contribution in [0.2, 0.25) is 0 Å². The van der Waals surface area contributed by atoms with Gasteiger partial charge < -0.3 is 20.1 Å². The fourth-order valence-electron chi connectivity index (χ4n) is 1.26. The van der Waals surface area contributed by atoms with Gasteiger partial charge in [-0.25, -0.2) is 0 Å². The predicted molar refractivity (Wildman–Crippen MR) is 58.5 cm³/mol. The predicted octanol–water partition coefficient (Wildman–Crippen LogP) is -0.0765. The average molecular weight is 204 g/mol. The summed E-state index contributed by atoms with van der Waals surface area (Å²) in [4.78, 5) is 2.12. The maximum absolute atomic E-state index is 9.46. The van der Waals surface area contributed by atoms with E-state index in [9.17, 15) is 5.11 Å². The first-order valence-electron chi connectivity index (χ1n) is 5.20. The molecule has 14 heavy (non-hydrogen) atoms. The minimum Gasteiger partial charge on any atom is -0.389 e. The lowest BCUT2D eigenvalue weighted by atomic mass is 10.3. The van der Waals surface area contributed by atoms with Crippen molar-refractivity contribution in [3.8, 4) is 0 Å². The van der Waals surface area contributed by atoms with Gasteiger partial charge in [0.1, 0.15) is 0 Å². The van der Waals surface area contributed by atoms with Gasteiger partial charge in [-0.15, -0.1) is 0 Å². The van der Waals surface area contributed by atoms with E-state index in [1.807, 2.05) is 21.0 Å². The summed E-state index contributed by atoms with van der Waals surface area (Å²) in [5.74, 6) is 0. The zero-order valence-electron chi connectivity index (χ0n) is 9.79. The normalized spacial score (nSPS) is 15.9. The molecule has 0 spiro atoms. The molecule has 0 aliphatic rings. The third kappa shape index (κ3) is 8.44. The van der Waals surface area contributed by atoms with Crippen molar-refractivity contribution >= 4 is 0 Å². The van der Waals surface area contributed by atoms with Crippen LogP contribution in [0, 0.1) is 0 Å². The Balaban J connectivity index is 3.40. The number of nitrogens with one attached hydrogen (secondary N) is 1. The summed E-state index contributed by atoms with van der Waals surface area (Å²) in [5.41, 5.74) is 0. The topological polar surface area (TPSA) is 44.7 Å². The Kier molecular flexibility index (Phi) is 8.08. The smallest absolute Gasteiger partial charge is 0.0897 e. The van der Waals surface area contributed by atoms with Crippen LogP contribution in [0.25, 0.3) is 0 Å². The lowest BCUT2D eigenvalue weighted by Crippen LogP contribution is -2.41. The number of hydrogen-bond donors (Lipinski definition) is 2. The third-order valence-corrected chi connectivity index (χ3v) is 1.86.